The van der Waals surface area contributed by atoms with Crippen molar-refractivity contribution in [1.29, 1.82) is 0 Å². The number of aromatic nitrogens is 4. The van der Waals surface area contributed by atoms with Crippen LogP contribution < -0.4 is 16.8 Å². The summed E-state index contributed by atoms with van der Waals surface area (Å²) in [6, 6.07) is 7.61. The van der Waals surface area contributed by atoms with E-state index in [1.807, 2.05) is 25.1 Å². The third-order valence-corrected chi connectivity index (χ3v) is 5.82. The lowest BCUT2D eigenvalue weighted by Crippen LogP contribution is -2.29. The molecule has 10 heteroatoms. The Hall–Kier alpha value is -3.01. The normalized spacial score (nSPS) is 15.5. The topological polar surface area (TPSA) is 134 Å². The first kappa shape index (κ1) is 22.2. The van der Waals surface area contributed by atoms with Gasteiger partial charge in [0, 0.05) is 48.5 Å². The van der Waals surface area contributed by atoms with Gasteiger partial charge < -0.3 is 21.5 Å². The first-order valence-electron chi connectivity index (χ1n) is 10.5. The van der Waals surface area contributed by atoms with Gasteiger partial charge in [-0.15, -0.1) is 0 Å². The molecule has 0 spiro atoms. The van der Waals surface area contributed by atoms with E-state index >= 15 is 0 Å². The number of nitrogens with zero attached hydrogens (tertiary/aromatic N) is 4. The van der Waals surface area contributed by atoms with Gasteiger partial charge in [-0.05, 0) is 37.5 Å². The van der Waals surface area contributed by atoms with Gasteiger partial charge in [0.1, 0.15) is 17.8 Å². The molecule has 4 rings (SSSR count). The van der Waals surface area contributed by atoms with Gasteiger partial charge in [0.05, 0.1) is 5.69 Å². The Kier molecular flexibility index (Phi) is 6.69. The molecule has 168 valence electrons. The summed E-state index contributed by atoms with van der Waals surface area (Å²) in [5, 5.41) is 3.96. The van der Waals surface area contributed by atoms with Gasteiger partial charge in [0.15, 0.2) is 0 Å². The molecule has 0 bridgehead atoms. The van der Waals surface area contributed by atoms with Gasteiger partial charge >= 0.3 is 0 Å². The number of rotatable bonds is 7. The van der Waals surface area contributed by atoms with Crippen LogP contribution >= 0.6 is 11.6 Å². The molecule has 1 aromatic carbocycles. The molecule has 3 aromatic rings. The molecule has 32 heavy (non-hydrogen) atoms. The van der Waals surface area contributed by atoms with Crippen LogP contribution in [0.25, 0.3) is 5.82 Å². The zero-order valence-corrected chi connectivity index (χ0v) is 18.5. The van der Waals surface area contributed by atoms with E-state index in [0.717, 1.165) is 24.0 Å². The predicted molar refractivity (Wildman–Crippen MR) is 122 cm³/mol. The van der Waals surface area contributed by atoms with Crippen molar-refractivity contribution in [3.8, 4) is 5.82 Å². The van der Waals surface area contributed by atoms with Crippen LogP contribution in [0.1, 0.15) is 46.1 Å². The predicted octanol–water partition coefficient (Wildman–Crippen LogP) is 2.40. The van der Waals surface area contributed by atoms with E-state index in [-0.39, 0.29) is 24.2 Å². The SMILES string of the molecule is Cc1cnc(NC2CCOCC2)nc1-n1cnc(C(N)=O)c1C(CN)c1cccc(Cl)c1. The highest BCUT2D eigenvalue weighted by molar-refractivity contribution is 6.30. The molecular weight excluding hydrogens is 430 g/mol. The van der Waals surface area contributed by atoms with E-state index in [1.165, 1.54) is 0 Å². The standard InChI is InChI=1S/C22H26ClN7O2/c1-13-11-26-22(28-16-5-7-32-8-6-16)29-21(13)30-12-27-18(20(25)31)19(30)17(10-24)14-3-2-4-15(23)9-14/h2-4,9,11-12,16-17H,5-8,10,24H2,1H3,(H2,25,31)(H,26,28,29). The Labute approximate surface area is 191 Å². The van der Waals surface area contributed by atoms with Crippen LogP contribution in [0.3, 0.4) is 0 Å². The summed E-state index contributed by atoms with van der Waals surface area (Å²) in [6.45, 7) is 3.55. The molecule has 5 N–H and O–H groups in total. The second-order valence-electron chi connectivity index (χ2n) is 7.79. The summed E-state index contributed by atoms with van der Waals surface area (Å²) in [6.07, 6.45) is 5.07. The lowest BCUT2D eigenvalue weighted by Gasteiger charge is -2.24. The Morgan fingerprint density at radius 3 is 2.81 bits per heavy atom. The molecule has 9 nitrogen and oxygen atoms in total. The fourth-order valence-electron chi connectivity index (χ4n) is 3.95. The molecule has 3 heterocycles. The van der Waals surface area contributed by atoms with Crippen molar-refractivity contribution in [3.05, 3.63) is 64.3 Å². The molecule has 1 atom stereocenters. The van der Waals surface area contributed by atoms with Crippen molar-refractivity contribution in [2.24, 2.45) is 11.5 Å². The third-order valence-electron chi connectivity index (χ3n) is 5.58. The van der Waals surface area contributed by atoms with Gasteiger partial charge in [0.2, 0.25) is 5.95 Å². The maximum Gasteiger partial charge on any atom is 0.269 e. The molecule has 1 unspecified atom stereocenters. The summed E-state index contributed by atoms with van der Waals surface area (Å²) in [5.74, 6) is 0.112. The maximum absolute atomic E-state index is 12.2. The number of nitrogens with two attached hydrogens (primary N) is 2. The average Bonchev–Trinajstić information content (AvgIpc) is 3.21. The van der Waals surface area contributed by atoms with Gasteiger partial charge in [0.25, 0.3) is 5.91 Å². The number of carbonyl (C=O) groups is 1. The number of primary amides is 1. The minimum atomic E-state index is -0.633. The van der Waals surface area contributed by atoms with Crippen LogP contribution in [0.2, 0.25) is 5.02 Å². The number of hydrogen-bond donors (Lipinski definition) is 3. The Morgan fingerprint density at radius 1 is 1.34 bits per heavy atom. The number of halogens is 1. The molecule has 2 aromatic heterocycles. The number of imidazole rings is 1. The van der Waals surface area contributed by atoms with Gasteiger partial charge in [-0.3, -0.25) is 9.36 Å². The monoisotopic (exact) mass is 455 g/mol. The number of aryl methyl sites for hydroxylation is 1. The number of amides is 1. The highest BCUT2D eigenvalue weighted by atomic mass is 35.5. The largest absolute Gasteiger partial charge is 0.381 e. The number of ether oxygens (including phenoxy) is 1. The van der Waals surface area contributed by atoms with Crippen LogP contribution in [-0.4, -0.2) is 51.2 Å². The summed E-state index contributed by atoms with van der Waals surface area (Å²) < 4.78 is 7.19. The van der Waals surface area contributed by atoms with E-state index in [1.54, 1.807) is 23.2 Å². The zero-order valence-electron chi connectivity index (χ0n) is 17.8. The molecule has 1 saturated heterocycles. The van der Waals surface area contributed by atoms with Crippen LogP contribution in [0.15, 0.2) is 36.8 Å². The van der Waals surface area contributed by atoms with E-state index < -0.39 is 5.91 Å². The lowest BCUT2D eigenvalue weighted by atomic mass is 9.94. The molecule has 0 saturated carbocycles. The van der Waals surface area contributed by atoms with Crippen molar-refractivity contribution >= 4 is 23.5 Å². The number of anilines is 1. The highest BCUT2D eigenvalue weighted by Gasteiger charge is 2.27. The molecule has 1 aliphatic heterocycles. The summed E-state index contributed by atoms with van der Waals surface area (Å²) >= 11 is 6.21. The third kappa shape index (κ3) is 4.59. The van der Waals surface area contributed by atoms with Crippen LogP contribution in [0.5, 0.6) is 0 Å². The second-order valence-corrected chi connectivity index (χ2v) is 8.22. The number of hydrogen-bond acceptors (Lipinski definition) is 7. The second kappa shape index (κ2) is 9.64. The highest BCUT2D eigenvalue weighted by Crippen LogP contribution is 2.30. The number of carbonyl (C=O) groups excluding carboxylic acids is 1. The van der Waals surface area contributed by atoms with Crippen molar-refractivity contribution in [1.82, 2.24) is 19.5 Å². The number of benzene rings is 1. The molecular formula is C22H26ClN7O2. The number of nitrogens with one attached hydrogen (secondary N) is 1. The molecule has 0 aliphatic carbocycles. The first-order valence-corrected chi connectivity index (χ1v) is 10.9. The van der Waals surface area contributed by atoms with E-state index in [4.69, 9.17) is 32.8 Å². The molecule has 1 amide bonds. The van der Waals surface area contributed by atoms with E-state index in [2.05, 4.69) is 15.3 Å². The van der Waals surface area contributed by atoms with Gasteiger partial charge in [-0.2, -0.15) is 4.98 Å². The van der Waals surface area contributed by atoms with Crippen molar-refractivity contribution < 1.29 is 9.53 Å². The minimum absolute atomic E-state index is 0.150. The lowest BCUT2D eigenvalue weighted by molar-refractivity contribution is 0.0903. The van der Waals surface area contributed by atoms with E-state index in [9.17, 15) is 4.79 Å². The van der Waals surface area contributed by atoms with E-state index in [0.29, 0.717) is 35.7 Å². The van der Waals surface area contributed by atoms with Gasteiger partial charge in [-0.1, -0.05) is 23.7 Å². The summed E-state index contributed by atoms with van der Waals surface area (Å²) in [7, 11) is 0. The van der Waals surface area contributed by atoms with Crippen molar-refractivity contribution in [3.63, 3.8) is 0 Å². The zero-order chi connectivity index (χ0) is 22.7. The van der Waals surface area contributed by atoms with Crippen LogP contribution in [0.4, 0.5) is 5.95 Å². The summed E-state index contributed by atoms with van der Waals surface area (Å²) in [4.78, 5) is 25.7. The Bertz CT molecular complexity index is 1110. The Morgan fingerprint density at radius 2 is 2.12 bits per heavy atom. The Balaban J connectivity index is 1.79. The average molecular weight is 456 g/mol. The summed E-state index contributed by atoms with van der Waals surface area (Å²) in [5.41, 5.74) is 14.2. The quantitative estimate of drug-likeness (QED) is 0.498. The van der Waals surface area contributed by atoms with Crippen LogP contribution in [0, 0.1) is 6.92 Å². The maximum atomic E-state index is 12.2. The minimum Gasteiger partial charge on any atom is -0.381 e. The van der Waals surface area contributed by atoms with Crippen LogP contribution in [-0.2, 0) is 4.74 Å². The fraction of sp³-hybridized carbons (Fsp3) is 0.364. The van der Waals surface area contributed by atoms with Gasteiger partial charge in [-0.25, -0.2) is 9.97 Å². The van der Waals surface area contributed by atoms with Crippen molar-refractivity contribution in [2.75, 3.05) is 25.1 Å². The smallest absolute Gasteiger partial charge is 0.269 e. The first-order chi connectivity index (χ1) is 15.5. The fourth-order valence-corrected chi connectivity index (χ4v) is 4.15. The molecule has 0 radical (unpaired) electrons. The molecule has 1 aliphatic rings. The van der Waals surface area contributed by atoms with Crippen molar-refractivity contribution in [2.45, 2.75) is 31.7 Å². The molecule has 1 fully saturated rings.